The van der Waals surface area contributed by atoms with E-state index >= 15 is 0 Å². The van der Waals surface area contributed by atoms with Gasteiger partial charge in [-0.05, 0) is 77.1 Å². The molecule has 0 saturated heterocycles. The summed E-state index contributed by atoms with van der Waals surface area (Å²) in [6.07, 6.45) is 7.93. The van der Waals surface area contributed by atoms with E-state index in [0.717, 1.165) is 48.5 Å². The van der Waals surface area contributed by atoms with Gasteiger partial charge in [-0.3, -0.25) is 14.3 Å². The number of allylic oxidation sites excluding steroid dienone is 1. The first kappa shape index (κ1) is 43.4. The normalized spacial score (nSPS) is 21.4. The molecule has 2 aliphatic rings. The fourth-order valence-electron chi connectivity index (χ4n) is 7.55. The van der Waals surface area contributed by atoms with Gasteiger partial charge in [-0.1, -0.05) is 91.7 Å². The van der Waals surface area contributed by atoms with E-state index < -0.39 is 21.7 Å². The predicted octanol–water partition coefficient (Wildman–Crippen LogP) is 7.48. The maximum absolute atomic E-state index is 13.2. The molecule has 0 bridgehead atoms. The number of rotatable bonds is 21. The molecule has 0 aliphatic heterocycles. The Kier molecular flexibility index (Phi) is 15.9. The number of benzene rings is 3. The molecule has 53 heavy (non-hydrogen) atoms. The summed E-state index contributed by atoms with van der Waals surface area (Å²) in [7, 11) is -1.19. The number of nitrogens with zero attached hydrogens (tertiary/aromatic N) is 1. The Balaban J connectivity index is 0.00000627. The van der Waals surface area contributed by atoms with Crippen LogP contribution in [0.3, 0.4) is 0 Å². The number of Topliss-reactive ketones (excluding diaryl/α,β-unsaturated/α-hetero) is 1. The van der Waals surface area contributed by atoms with Crippen LogP contribution in [0.25, 0.3) is 0 Å². The van der Waals surface area contributed by atoms with Crippen LogP contribution in [0, 0.1) is 67.3 Å². The third-order valence-corrected chi connectivity index (χ3v) is 12.5. The molecule has 10 heteroatoms. The van der Waals surface area contributed by atoms with Crippen molar-refractivity contribution in [2.45, 2.75) is 77.5 Å². The molecule has 282 valence electrons. The number of hydrogen-bond acceptors (Lipinski definition) is 6. The van der Waals surface area contributed by atoms with E-state index in [4.69, 9.17) is 16.3 Å². The first-order valence-corrected chi connectivity index (χ1v) is 20.6. The fraction of sp³-hybridized carbons (Fsp3) is 0.442. The number of hydrogen-bond donors (Lipinski definition) is 2. The standard InChI is InChI=1S/C43H53ClN2O5S.U/c1-6-8-17-32-24-35(44)22-21-34(32)27-46(36-19-13-18-33(25-36)38(47)7-2)29-43-26-37(43)41(43)40(51-4)20-12-14-30(3)28-52(5,50)45-42(49)39(48)23-31-15-10-9-11-16-31;/h9-13,15-16,18,20-22,24-25,30,37,39-41,48H,1,5-8,14,17,23,26-29H2,2-4H3,(H,45,49,50);/q-2;+2/b20-12+;/t30-,37?,39+,40-,41-,43+,52?;/m0./s1. The third kappa shape index (κ3) is 11.6. The van der Waals surface area contributed by atoms with Gasteiger partial charge in [0, 0.05) is 53.5 Å². The summed E-state index contributed by atoms with van der Waals surface area (Å²) in [6, 6.07) is 24.5. The fourth-order valence-corrected chi connectivity index (χ4v) is 9.38. The average molecular weight is 983 g/mol. The summed E-state index contributed by atoms with van der Waals surface area (Å²) in [5.41, 5.74) is 4.99. The molecule has 0 spiro atoms. The number of aliphatic hydroxyl groups excluding tert-OH is 1. The van der Waals surface area contributed by atoms with Gasteiger partial charge in [0.1, 0.15) is 11.9 Å². The van der Waals surface area contributed by atoms with E-state index in [-0.39, 0.29) is 66.5 Å². The van der Waals surface area contributed by atoms with Gasteiger partial charge in [-0.15, -0.1) is 6.07 Å². The number of nitrogens with one attached hydrogen (secondary N) is 1. The van der Waals surface area contributed by atoms with Gasteiger partial charge in [0.2, 0.25) is 0 Å². The minimum Gasteiger partial charge on any atom is -0.389 e. The number of ether oxygens (including phenoxy) is 1. The van der Waals surface area contributed by atoms with E-state index in [1.54, 1.807) is 7.11 Å². The Labute approximate surface area is 345 Å². The maximum Gasteiger partial charge on any atom is 2.00 e. The Hall–Kier alpha value is -2.38. The van der Waals surface area contributed by atoms with Crippen molar-refractivity contribution in [2.75, 3.05) is 24.3 Å². The first-order valence-electron chi connectivity index (χ1n) is 18.3. The molecule has 2 N–H and O–H groups in total. The van der Waals surface area contributed by atoms with Crippen LogP contribution < -0.4 is 9.62 Å². The number of fused-ring (bicyclic) bond motifs is 1. The Bertz CT molecular complexity index is 1840. The Morgan fingerprint density at radius 1 is 1.21 bits per heavy atom. The van der Waals surface area contributed by atoms with Crippen LogP contribution in [-0.4, -0.2) is 58.5 Å². The summed E-state index contributed by atoms with van der Waals surface area (Å²) < 4.78 is 21.7. The zero-order valence-corrected chi connectivity index (χ0v) is 36.9. The monoisotopic (exact) mass is 982 g/mol. The van der Waals surface area contributed by atoms with Crippen LogP contribution in [0.5, 0.6) is 0 Å². The van der Waals surface area contributed by atoms with Crippen LogP contribution in [0.2, 0.25) is 5.02 Å². The van der Waals surface area contributed by atoms with Gasteiger partial charge in [0.05, 0.1) is 6.10 Å². The quantitative estimate of drug-likeness (QED) is 0.0498. The predicted molar refractivity (Wildman–Crippen MR) is 213 cm³/mol. The van der Waals surface area contributed by atoms with Crippen molar-refractivity contribution in [3.63, 3.8) is 0 Å². The van der Waals surface area contributed by atoms with Gasteiger partial charge in [-0.2, -0.15) is 24.6 Å². The second-order valence-electron chi connectivity index (χ2n) is 14.7. The molecular formula is C43H53ClN2O5SU. The summed E-state index contributed by atoms with van der Waals surface area (Å²) in [5.74, 6) is 4.32. The molecule has 1 amide bonds. The number of carbonyl (C=O) groups is 2. The molecular weight excluding hydrogens is 930 g/mol. The summed E-state index contributed by atoms with van der Waals surface area (Å²) in [6.45, 7) is 9.40. The van der Waals surface area contributed by atoms with E-state index in [9.17, 15) is 18.9 Å². The van der Waals surface area contributed by atoms with Gasteiger partial charge in [0.25, 0.3) is 5.91 Å². The Morgan fingerprint density at radius 3 is 2.64 bits per heavy atom. The molecule has 2 fully saturated rings. The number of aryl methyl sites for hydroxylation is 1. The van der Waals surface area contributed by atoms with Crippen molar-refractivity contribution in [3.8, 4) is 0 Å². The minimum absolute atomic E-state index is 0. The molecule has 2 unspecified atom stereocenters. The van der Waals surface area contributed by atoms with Crippen LogP contribution in [0.15, 0.2) is 78.9 Å². The number of methoxy groups -OCH3 is 1. The first-order chi connectivity index (χ1) is 24.9. The van der Waals surface area contributed by atoms with Gasteiger partial charge in [-0.25, -0.2) is 4.21 Å². The average Bonchev–Trinajstić information content (AvgIpc) is 4.00. The van der Waals surface area contributed by atoms with Crippen molar-refractivity contribution >= 4 is 44.6 Å². The number of ketones is 1. The second kappa shape index (κ2) is 19.5. The van der Waals surface area contributed by atoms with Gasteiger partial charge >= 0.3 is 31.1 Å². The van der Waals surface area contributed by atoms with Crippen LogP contribution in [-0.2, 0) is 38.6 Å². The molecule has 7 nitrogen and oxygen atoms in total. The van der Waals surface area contributed by atoms with Crippen molar-refractivity contribution in [2.24, 2.45) is 23.2 Å². The molecule has 3 aromatic rings. The van der Waals surface area contributed by atoms with Crippen LogP contribution in [0.4, 0.5) is 5.69 Å². The molecule has 7 atom stereocenters. The van der Waals surface area contributed by atoms with Crippen LogP contribution >= 0.6 is 11.6 Å². The van der Waals surface area contributed by atoms with Crippen molar-refractivity contribution < 1.29 is 54.8 Å². The summed E-state index contributed by atoms with van der Waals surface area (Å²) in [4.78, 5) is 27.6. The number of carbonyl (C=O) groups excluding carboxylic acids is 2. The molecule has 0 radical (unpaired) electrons. The van der Waals surface area contributed by atoms with Crippen molar-refractivity contribution in [3.05, 3.63) is 119 Å². The maximum atomic E-state index is 13.2. The van der Waals surface area contributed by atoms with Crippen molar-refractivity contribution in [1.29, 1.82) is 0 Å². The van der Waals surface area contributed by atoms with E-state index in [0.29, 0.717) is 36.8 Å². The third-order valence-electron chi connectivity index (χ3n) is 10.6. The van der Waals surface area contributed by atoms with Gasteiger partial charge < -0.3 is 21.7 Å². The summed E-state index contributed by atoms with van der Waals surface area (Å²) >= 11 is 6.43. The van der Waals surface area contributed by atoms with E-state index in [2.05, 4.69) is 52.8 Å². The molecule has 5 rings (SSSR count). The number of anilines is 1. The van der Waals surface area contributed by atoms with Crippen LogP contribution in [0.1, 0.15) is 73.0 Å². The summed E-state index contributed by atoms with van der Waals surface area (Å²) in [5, 5.41) is 11.1. The zero-order valence-electron chi connectivity index (χ0n) is 31.2. The molecule has 3 aromatic carbocycles. The second-order valence-corrected chi connectivity index (χ2v) is 17.3. The minimum atomic E-state index is -2.94. The van der Waals surface area contributed by atoms with Gasteiger partial charge in [0.15, 0.2) is 0 Å². The number of amides is 1. The topological polar surface area (TPSA) is 95.9 Å². The SMILES string of the molecule is C=S(=O)(C[C@@H](C)C/C=C/[C@H](OC)[C@@H]1C2C[C@@]21CN(Cc1ccc(Cl)cc1CCC[CH2-])c1[c-]ccc(C(=O)CC)c1)NC(=O)[C@H](O)Cc1ccccc1.[U+2]. The zero-order chi connectivity index (χ0) is 37.5. The van der Waals surface area contributed by atoms with E-state index in [1.807, 2.05) is 68.4 Å². The van der Waals surface area contributed by atoms with Crippen molar-refractivity contribution in [1.82, 2.24) is 4.72 Å². The van der Waals surface area contributed by atoms with E-state index in [1.165, 1.54) is 11.1 Å². The number of unbranched alkanes of at least 4 members (excludes halogenated alkanes) is 1. The Morgan fingerprint density at radius 2 is 1.96 bits per heavy atom. The molecule has 0 aromatic heterocycles. The largest absolute Gasteiger partial charge is 2.00 e. The molecule has 2 saturated carbocycles. The molecule has 0 heterocycles. The molecule has 2 aliphatic carbocycles. The number of halogens is 1. The smallest absolute Gasteiger partial charge is 0.389 e. The number of aliphatic hydroxyl groups is 1.